The van der Waals surface area contributed by atoms with Crippen LogP contribution in [-0.4, -0.2) is 67.8 Å². The van der Waals surface area contributed by atoms with Gasteiger partial charge in [0.15, 0.2) is 11.6 Å². The standard InChI is InChI=1S/C27H30F2N8O/c1-16-31-26-20(28)12-18(13-23(26)36(16)19-5-6-19)25-21(29)14-30-27(34-25)33-24-7-4-17-15-37(38,11-9-35(2)3)10-8-22(17)32-24/h4,7,12-14,19H,5-6,8-11,15H2,1-3H3,(H,30,32,33,34). The van der Waals surface area contributed by atoms with E-state index in [9.17, 15) is 14.0 Å². The molecule has 1 N–H and O–H groups in total. The maximum Gasteiger partial charge on any atom is 0.229 e. The molecule has 1 aromatic carbocycles. The highest BCUT2D eigenvalue weighted by Gasteiger charge is 2.29. The lowest BCUT2D eigenvalue weighted by atomic mass is 10.1. The Bertz CT molecular complexity index is 1530. The number of aryl methyl sites for hydroxylation is 1. The van der Waals surface area contributed by atoms with Crippen LogP contribution in [-0.2, 0) is 13.0 Å². The Labute approximate surface area is 219 Å². The smallest absolute Gasteiger partial charge is 0.229 e. The van der Waals surface area contributed by atoms with Crippen LogP contribution in [0.4, 0.5) is 20.5 Å². The van der Waals surface area contributed by atoms with Crippen molar-refractivity contribution in [2.45, 2.75) is 38.8 Å². The summed E-state index contributed by atoms with van der Waals surface area (Å²) in [6.45, 7) is 3.98. The molecule has 0 saturated heterocycles. The molecule has 1 saturated carbocycles. The summed E-state index contributed by atoms with van der Waals surface area (Å²) in [6, 6.07) is 6.99. The lowest BCUT2D eigenvalue weighted by Gasteiger charge is -2.46. The number of pyridine rings is 1. The molecule has 0 amide bonds. The number of hydrogen-bond acceptors (Lipinski definition) is 7. The predicted octanol–water partition coefficient (Wildman–Crippen LogP) is 4.49. The fourth-order valence-electron chi connectivity index (χ4n) is 5.18. The molecule has 3 aromatic heterocycles. The average molecular weight is 521 g/mol. The fourth-order valence-corrected chi connectivity index (χ4v) is 5.18. The number of nitrogens with zero attached hydrogens (tertiary/aromatic N) is 7. The molecule has 2 aliphatic rings. The minimum Gasteiger partial charge on any atom is -0.632 e. The van der Waals surface area contributed by atoms with Crippen molar-refractivity contribution in [3.8, 4) is 11.3 Å². The van der Waals surface area contributed by atoms with Crippen molar-refractivity contribution in [2.75, 3.05) is 39.0 Å². The average Bonchev–Trinajstić information content (AvgIpc) is 3.65. The molecule has 1 aliphatic heterocycles. The maximum absolute atomic E-state index is 15.0. The summed E-state index contributed by atoms with van der Waals surface area (Å²) in [5.74, 6) is 0.237. The number of fused-ring (bicyclic) bond motifs is 2. The van der Waals surface area contributed by atoms with E-state index in [1.54, 1.807) is 12.1 Å². The van der Waals surface area contributed by atoms with Gasteiger partial charge in [-0.2, -0.15) is 0 Å². The lowest BCUT2D eigenvalue weighted by molar-refractivity contribution is -0.895. The van der Waals surface area contributed by atoms with Crippen LogP contribution in [0.2, 0.25) is 0 Å². The van der Waals surface area contributed by atoms with E-state index in [2.05, 4.69) is 25.3 Å². The van der Waals surface area contributed by atoms with Gasteiger partial charge in [0.1, 0.15) is 29.4 Å². The Balaban J connectivity index is 1.26. The van der Waals surface area contributed by atoms with Crippen molar-refractivity contribution >= 4 is 22.8 Å². The molecule has 0 spiro atoms. The molecule has 11 heteroatoms. The van der Waals surface area contributed by atoms with E-state index in [1.165, 1.54) is 6.07 Å². The van der Waals surface area contributed by atoms with Gasteiger partial charge in [-0.05, 0) is 58.1 Å². The number of hydroxylamine groups is 3. The van der Waals surface area contributed by atoms with Crippen molar-refractivity contribution in [1.29, 1.82) is 0 Å². The van der Waals surface area contributed by atoms with Gasteiger partial charge in [-0.3, -0.25) is 0 Å². The van der Waals surface area contributed by atoms with E-state index in [4.69, 9.17) is 0 Å². The second-order valence-corrected chi connectivity index (χ2v) is 10.6. The van der Waals surface area contributed by atoms with Gasteiger partial charge >= 0.3 is 0 Å². The largest absolute Gasteiger partial charge is 0.632 e. The van der Waals surface area contributed by atoms with Crippen LogP contribution in [0.5, 0.6) is 0 Å². The third-order valence-corrected chi connectivity index (χ3v) is 7.33. The van der Waals surface area contributed by atoms with Gasteiger partial charge < -0.3 is 24.6 Å². The van der Waals surface area contributed by atoms with Crippen LogP contribution in [0.15, 0.2) is 30.5 Å². The topological polar surface area (TPSA) is 94.8 Å². The molecule has 38 heavy (non-hydrogen) atoms. The number of quaternary nitrogens is 1. The first kappa shape index (κ1) is 24.8. The monoisotopic (exact) mass is 520 g/mol. The van der Waals surface area contributed by atoms with Gasteiger partial charge in [-0.25, -0.2) is 28.7 Å². The molecule has 198 valence electrons. The Morgan fingerprint density at radius 2 is 1.95 bits per heavy atom. The number of benzene rings is 1. The Kier molecular flexibility index (Phi) is 6.09. The van der Waals surface area contributed by atoms with Gasteiger partial charge in [0.25, 0.3) is 0 Å². The molecule has 1 unspecified atom stereocenters. The van der Waals surface area contributed by atoms with Crippen LogP contribution >= 0.6 is 0 Å². The summed E-state index contributed by atoms with van der Waals surface area (Å²) in [5, 5.41) is 16.2. The quantitative estimate of drug-likeness (QED) is 0.284. The summed E-state index contributed by atoms with van der Waals surface area (Å²) in [7, 11) is 3.93. The molecule has 4 heterocycles. The molecule has 0 radical (unpaired) electrons. The van der Waals surface area contributed by atoms with Gasteiger partial charge in [-0.1, -0.05) is 0 Å². The molecule has 1 fully saturated rings. The zero-order valence-corrected chi connectivity index (χ0v) is 21.7. The third-order valence-electron chi connectivity index (χ3n) is 7.33. The van der Waals surface area contributed by atoms with Crippen LogP contribution in [0.25, 0.3) is 22.3 Å². The van der Waals surface area contributed by atoms with Crippen LogP contribution in [0.3, 0.4) is 0 Å². The first-order valence-electron chi connectivity index (χ1n) is 12.9. The number of imidazole rings is 1. The minimum atomic E-state index is -0.649. The molecule has 6 rings (SSSR count). The number of likely N-dealkylation sites (N-methyl/N-ethyl adjacent to an activating group) is 1. The summed E-state index contributed by atoms with van der Waals surface area (Å²) < 4.78 is 31.6. The molecular weight excluding hydrogens is 490 g/mol. The van der Waals surface area contributed by atoms with Crippen LogP contribution in [0.1, 0.15) is 36.0 Å². The number of hydrogen-bond donors (Lipinski definition) is 1. The van der Waals surface area contributed by atoms with E-state index in [1.807, 2.05) is 36.6 Å². The number of aromatic nitrogens is 5. The van der Waals surface area contributed by atoms with Gasteiger partial charge in [0, 0.05) is 30.1 Å². The van der Waals surface area contributed by atoms with E-state index in [0.717, 1.165) is 42.7 Å². The van der Waals surface area contributed by atoms with E-state index >= 15 is 0 Å². The SMILES string of the molecule is Cc1nc2c(F)cc(-c3nc(Nc4ccc5c(n4)CC[N+]([O-])(CCN(C)C)C5)ncc3F)cc2n1C1CC1. The second-order valence-electron chi connectivity index (χ2n) is 10.6. The van der Waals surface area contributed by atoms with E-state index in [0.29, 0.717) is 49.0 Å². The molecule has 4 aromatic rings. The zero-order valence-electron chi connectivity index (χ0n) is 21.7. The molecule has 1 atom stereocenters. The Hall–Kier alpha value is -3.54. The first-order valence-corrected chi connectivity index (χ1v) is 12.9. The molecule has 0 bridgehead atoms. The summed E-state index contributed by atoms with van der Waals surface area (Å²) in [4.78, 5) is 19.5. The van der Waals surface area contributed by atoms with Gasteiger partial charge in [0.2, 0.25) is 5.95 Å². The first-order chi connectivity index (χ1) is 18.2. The number of rotatable bonds is 7. The maximum atomic E-state index is 15.0. The normalized spacial score (nSPS) is 19.2. The van der Waals surface area contributed by atoms with E-state index < -0.39 is 11.6 Å². The van der Waals surface area contributed by atoms with Crippen molar-refractivity contribution in [3.63, 3.8) is 0 Å². The van der Waals surface area contributed by atoms with Crippen LogP contribution < -0.4 is 5.32 Å². The highest BCUT2D eigenvalue weighted by atomic mass is 19.1. The highest BCUT2D eigenvalue weighted by Crippen LogP contribution is 2.40. The number of halogens is 2. The number of anilines is 2. The third kappa shape index (κ3) is 4.72. The Morgan fingerprint density at radius 3 is 2.71 bits per heavy atom. The van der Waals surface area contributed by atoms with Crippen molar-refractivity contribution in [2.24, 2.45) is 0 Å². The molecular formula is C27H30F2N8O. The zero-order chi connectivity index (χ0) is 26.6. The lowest BCUT2D eigenvalue weighted by Crippen LogP contribution is -2.49. The van der Waals surface area contributed by atoms with Gasteiger partial charge in [0.05, 0.1) is 30.5 Å². The molecule has 9 nitrogen and oxygen atoms in total. The van der Waals surface area contributed by atoms with Crippen molar-refractivity contribution < 1.29 is 13.4 Å². The second kappa shape index (κ2) is 9.33. The summed E-state index contributed by atoms with van der Waals surface area (Å²) in [5.41, 5.74) is 3.04. The van der Waals surface area contributed by atoms with Crippen molar-refractivity contribution in [3.05, 3.63) is 64.4 Å². The summed E-state index contributed by atoms with van der Waals surface area (Å²) >= 11 is 0. The van der Waals surface area contributed by atoms with Crippen LogP contribution in [0, 0.1) is 23.8 Å². The fraction of sp³-hybridized carbons (Fsp3) is 0.407. The predicted molar refractivity (Wildman–Crippen MR) is 141 cm³/mol. The highest BCUT2D eigenvalue weighted by molar-refractivity contribution is 5.83. The van der Waals surface area contributed by atoms with Gasteiger partial charge in [-0.15, -0.1) is 0 Å². The van der Waals surface area contributed by atoms with E-state index in [-0.39, 0.29) is 21.8 Å². The Morgan fingerprint density at radius 1 is 1.13 bits per heavy atom. The molecule has 1 aliphatic carbocycles. The number of nitrogens with one attached hydrogen (secondary N) is 1. The van der Waals surface area contributed by atoms with Crippen molar-refractivity contribution in [1.82, 2.24) is 29.4 Å². The minimum absolute atomic E-state index is 0.00297. The summed E-state index contributed by atoms with van der Waals surface area (Å²) in [6.07, 6.45) is 3.69.